The van der Waals surface area contributed by atoms with E-state index in [2.05, 4.69) is 15.4 Å². The second-order valence-corrected chi connectivity index (χ2v) is 9.46. The number of hydrogen-bond acceptors (Lipinski definition) is 7. The number of nitrogens with zero attached hydrogens (tertiary/aromatic N) is 5. The number of amides is 2. The summed E-state index contributed by atoms with van der Waals surface area (Å²) >= 11 is 1.32. The van der Waals surface area contributed by atoms with Crippen molar-refractivity contribution in [3.8, 4) is 5.69 Å². The molecule has 1 aliphatic heterocycles. The van der Waals surface area contributed by atoms with E-state index in [4.69, 9.17) is 0 Å². The van der Waals surface area contributed by atoms with Crippen LogP contribution in [-0.4, -0.2) is 80.3 Å². The zero-order valence-electron chi connectivity index (χ0n) is 19.4. The third-order valence-electron chi connectivity index (χ3n) is 6.29. The van der Waals surface area contributed by atoms with Gasteiger partial charge in [-0.25, -0.2) is 14.1 Å². The van der Waals surface area contributed by atoms with E-state index in [0.29, 0.717) is 36.9 Å². The number of carbonyl (C=O) groups is 2. The Morgan fingerprint density at radius 3 is 2.58 bits per heavy atom. The van der Waals surface area contributed by atoms with Crippen LogP contribution in [-0.2, 0) is 4.79 Å². The molecule has 3 heterocycles. The molecular formula is C25H25FN6O3S. The smallest absolute Gasteiger partial charge is 0.282 e. The number of aromatic nitrogens is 3. The van der Waals surface area contributed by atoms with Crippen LogP contribution in [0.4, 0.5) is 10.1 Å². The number of benzene rings is 2. The lowest BCUT2D eigenvalue weighted by molar-refractivity contribution is -0.118. The summed E-state index contributed by atoms with van der Waals surface area (Å²) in [6, 6.07) is 11.2. The monoisotopic (exact) mass is 508 g/mol. The van der Waals surface area contributed by atoms with E-state index in [9.17, 15) is 19.1 Å². The number of thiazole rings is 1. The second kappa shape index (κ2) is 10.5. The van der Waals surface area contributed by atoms with Crippen molar-refractivity contribution in [2.24, 2.45) is 0 Å². The Morgan fingerprint density at radius 2 is 1.89 bits per heavy atom. The number of fused-ring (bicyclic) bond motifs is 1. The molecule has 1 unspecified atom stereocenters. The largest absolute Gasteiger partial charge is 0.395 e. The number of hydrogen-bond donors (Lipinski definition) is 2. The van der Waals surface area contributed by atoms with Crippen molar-refractivity contribution in [1.29, 1.82) is 0 Å². The van der Waals surface area contributed by atoms with Gasteiger partial charge in [0.05, 0.1) is 24.0 Å². The van der Waals surface area contributed by atoms with E-state index in [0.717, 1.165) is 16.6 Å². The highest BCUT2D eigenvalue weighted by atomic mass is 32.1. The summed E-state index contributed by atoms with van der Waals surface area (Å²) in [4.78, 5) is 33.1. The van der Waals surface area contributed by atoms with E-state index < -0.39 is 0 Å². The standard InChI is InChI=1S/C25H25FN6O3S/c26-18-1-4-20(5-2-18)32-22-6-3-19(13-17(22)15-28-32)29-23(34)14-21(16-33)30-8-10-31(11-9-30)25(35)24-27-7-12-36-24/h1-7,12-13,15,21,33H,8-11,14,16H2,(H,29,34). The number of piperazine rings is 1. The summed E-state index contributed by atoms with van der Waals surface area (Å²) in [7, 11) is 0. The molecule has 1 fully saturated rings. The van der Waals surface area contributed by atoms with E-state index in [1.807, 2.05) is 17.0 Å². The number of nitrogens with one attached hydrogen (secondary N) is 1. The minimum atomic E-state index is -0.341. The van der Waals surface area contributed by atoms with Crippen LogP contribution in [0.1, 0.15) is 16.2 Å². The fourth-order valence-corrected chi connectivity index (χ4v) is 4.99. The van der Waals surface area contributed by atoms with E-state index >= 15 is 0 Å². The van der Waals surface area contributed by atoms with E-state index in [1.54, 1.807) is 45.6 Å². The van der Waals surface area contributed by atoms with Crippen LogP contribution in [0.5, 0.6) is 0 Å². The predicted molar refractivity (Wildman–Crippen MR) is 135 cm³/mol. The lowest BCUT2D eigenvalue weighted by Gasteiger charge is -2.38. The highest BCUT2D eigenvalue weighted by molar-refractivity contribution is 7.11. The Hall–Kier alpha value is -3.67. The predicted octanol–water partition coefficient (Wildman–Crippen LogP) is 2.77. The minimum absolute atomic E-state index is 0.0823. The van der Waals surface area contributed by atoms with Crippen molar-refractivity contribution in [1.82, 2.24) is 24.6 Å². The molecule has 2 amide bonds. The molecule has 186 valence electrons. The fourth-order valence-electron chi connectivity index (χ4n) is 4.39. The lowest BCUT2D eigenvalue weighted by atomic mass is 10.1. The molecule has 5 rings (SSSR count). The van der Waals surface area contributed by atoms with Gasteiger partial charge in [-0.15, -0.1) is 11.3 Å². The minimum Gasteiger partial charge on any atom is -0.395 e. The Morgan fingerprint density at radius 1 is 1.11 bits per heavy atom. The van der Waals surface area contributed by atoms with Gasteiger partial charge in [-0.1, -0.05) is 0 Å². The van der Waals surface area contributed by atoms with Gasteiger partial charge in [0, 0.05) is 61.3 Å². The van der Waals surface area contributed by atoms with E-state index in [1.165, 1.54) is 23.5 Å². The maximum Gasteiger partial charge on any atom is 0.282 e. The molecule has 1 aliphatic rings. The first kappa shape index (κ1) is 24.0. The van der Waals surface area contributed by atoms with Crippen LogP contribution < -0.4 is 5.32 Å². The summed E-state index contributed by atoms with van der Waals surface area (Å²) in [6.07, 6.45) is 3.44. The average Bonchev–Trinajstić information content (AvgIpc) is 3.58. The molecule has 0 aliphatic carbocycles. The van der Waals surface area contributed by atoms with Crippen molar-refractivity contribution in [3.05, 3.63) is 71.1 Å². The molecule has 0 saturated carbocycles. The van der Waals surface area contributed by atoms with Gasteiger partial charge in [0.1, 0.15) is 5.82 Å². The molecule has 0 bridgehead atoms. The summed E-state index contributed by atoms with van der Waals surface area (Å²) in [5.74, 6) is -0.603. The molecule has 2 aromatic carbocycles. The number of carbonyl (C=O) groups excluding carboxylic acids is 2. The molecule has 2 aromatic heterocycles. The number of halogens is 1. The third-order valence-corrected chi connectivity index (χ3v) is 7.05. The Labute approximate surface area is 210 Å². The van der Waals surface area contributed by atoms with Gasteiger partial charge in [0.2, 0.25) is 5.91 Å². The lowest BCUT2D eigenvalue weighted by Crippen LogP contribution is -2.53. The molecule has 4 aromatic rings. The van der Waals surface area contributed by atoms with Gasteiger partial charge in [-0.3, -0.25) is 14.5 Å². The zero-order valence-corrected chi connectivity index (χ0v) is 20.2. The summed E-state index contributed by atoms with van der Waals surface area (Å²) in [5.41, 5.74) is 2.20. The summed E-state index contributed by atoms with van der Waals surface area (Å²) in [5, 5.41) is 20.3. The van der Waals surface area contributed by atoms with Crippen LogP contribution >= 0.6 is 11.3 Å². The molecule has 1 saturated heterocycles. The quantitative estimate of drug-likeness (QED) is 0.398. The molecule has 36 heavy (non-hydrogen) atoms. The van der Waals surface area contributed by atoms with Crippen molar-refractivity contribution >= 4 is 39.7 Å². The summed E-state index contributed by atoms with van der Waals surface area (Å²) < 4.78 is 15.0. The molecule has 0 radical (unpaired) electrons. The highest BCUT2D eigenvalue weighted by Gasteiger charge is 2.28. The first-order chi connectivity index (χ1) is 17.5. The van der Waals surface area contributed by atoms with Gasteiger partial charge in [-0.2, -0.15) is 5.10 Å². The average molecular weight is 509 g/mol. The third kappa shape index (κ3) is 5.13. The van der Waals surface area contributed by atoms with E-state index in [-0.39, 0.29) is 36.7 Å². The van der Waals surface area contributed by atoms with Crippen molar-refractivity contribution in [2.75, 3.05) is 38.1 Å². The highest BCUT2D eigenvalue weighted by Crippen LogP contribution is 2.23. The molecule has 0 spiro atoms. The molecular weight excluding hydrogens is 483 g/mol. The number of aliphatic hydroxyl groups is 1. The maximum absolute atomic E-state index is 13.2. The molecule has 9 nitrogen and oxygen atoms in total. The maximum atomic E-state index is 13.2. The molecule has 1 atom stereocenters. The van der Waals surface area contributed by atoms with Gasteiger partial charge < -0.3 is 15.3 Å². The number of aliphatic hydroxyl groups excluding tert-OH is 1. The SMILES string of the molecule is O=C(CC(CO)N1CCN(C(=O)c2nccs2)CC1)Nc1ccc2c(cnn2-c2ccc(F)cc2)c1. The van der Waals surface area contributed by atoms with Crippen LogP contribution in [0.3, 0.4) is 0 Å². The Kier molecular flexibility index (Phi) is 7.03. The van der Waals surface area contributed by atoms with Crippen molar-refractivity contribution in [3.63, 3.8) is 0 Å². The first-order valence-corrected chi connectivity index (χ1v) is 12.5. The molecule has 2 N–H and O–H groups in total. The van der Waals surface area contributed by atoms with Crippen LogP contribution in [0.2, 0.25) is 0 Å². The topological polar surface area (TPSA) is 104 Å². The van der Waals surface area contributed by atoms with Crippen molar-refractivity contribution < 1.29 is 19.1 Å². The van der Waals surface area contributed by atoms with Gasteiger partial charge in [-0.05, 0) is 42.5 Å². The first-order valence-electron chi connectivity index (χ1n) is 11.6. The zero-order chi connectivity index (χ0) is 25.1. The number of anilines is 1. The van der Waals surface area contributed by atoms with Crippen LogP contribution in [0.15, 0.2) is 60.2 Å². The van der Waals surface area contributed by atoms with Gasteiger partial charge >= 0.3 is 0 Å². The van der Waals surface area contributed by atoms with Crippen LogP contribution in [0.25, 0.3) is 16.6 Å². The normalized spacial score (nSPS) is 15.2. The second-order valence-electron chi connectivity index (χ2n) is 8.56. The Bertz CT molecular complexity index is 1350. The number of rotatable bonds is 7. The van der Waals surface area contributed by atoms with Gasteiger partial charge in [0.25, 0.3) is 5.91 Å². The Balaban J connectivity index is 1.18. The van der Waals surface area contributed by atoms with Crippen molar-refractivity contribution in [2.45, 2.75) is 12.5 Å². The summed E-state index contributed by atoms with van der Waals surface area (Å²) in [6.45, 7) is 2.03. The molecule has 11 heteroatoms. The van der Waals surface area contributed by atoms with Crippen LogP contribution in [0, 0.1) is 5.82 Å². The fraction of sp³-hybridized carbons (Fsp3) is 0.280. The van der Waals surface area contributed by atoms with Gasteiger partial charge in [0.15, 0.2) is 5.01 Å².